The average molecular weight is 469 g/mol. The third-order valence-corrected chi connectivity index (χ3v) is 6.47. The van der Waals surface area contributed by atoms with Gasteiger partial charge in [-0.3, -0.25) is 4.79 Å². The minimum atomic E-state index is -1.02. The van der Waals surface area contributed by atoms with Crippen molar-refractivity contribution in [1.82, 2.24) is 0 Å². The molecule has 6 heteroatoms. The first-order valence-corrected chi connectivity index (χ1v) is 11.5. The quantitative estimate of drug-likeness (QED) is 0.280. The molecule has 6 nitrogen and oxygen atoms in total. The predicted molar refractivity (Wildman–Crippen MR) is 132 cm³/mol. The Labute approximate surface area is 202 Å². The molecule has 1 aliphatic carbocycles. The maximum absolute atomic E-state index is 13.0. The number of hydrogen-bond acceptors (Lipinski definition) is 5. The highest BCUT2D eigenvalue weighted by atomic mass is 16.5. The maximum atomic E-state index is 13.0. The second-order valence-electron chi connectivity index (χ2n) is 9.21. The van der Waals surface area contributed by atoms with Crippen molar-refractivity contribution in [3.05, 3.63) is 82.0 Å². The first-order valence-electron chi connectivity index (χ1n) is 11.5. The number of carbonyl (C=O) groups is 2. The van der Waals surface area contributed by atoms with Crippen molar-refractivity contribution < 1.29 is 29.6 Å². The molecule has 5 atom stereocenters. The van der Waals surface area contributed by atoms with Crippen molar-refractivity contribution in [1.29, 1.82) is 0 Å². The Morgan fingerprint density at radius 3 is 2.41 bits per heavy atom. The number of rotatable bonds is 8. The summed E-state index contributed by atoms with van der Waals surface area (Å²) in [4.78, 5) is 23.5. The van der Waals surface area contributed by atoms with Crippen LogP contribution in [0.2, 0.25) is 0 Å². The number of aliphatic hydroxyl groups excluding tert-OH is 2. The lowest BCUT2D eigenvalue weighted by molar-refractivity contribution is -0.159. The first kappa shape index (κ1) is 27.3. The van der Waals surface area contributed by atoms with Crippen molar-refractivity contribution in [2.75, 3.05) is 0 Å². The zero-order valence-corrected chi connectivity index (χ0v) is 20.8. The van der Waals surface area contributed by atoms with Gasteiger partial charge in [0.05, 0.1) is 18.1 Å². The van der Waals surface area contributed by atoms with E-state index in [-0.39, 0.29) is 5.92 Å². The minimum absolute atomic E-state index is 0.0546. The number of aliphatic carboxylic acids is 1. The van der Waals surface area contributed by atoms with E-state index >= 15 is 0 Å². The number of ether oxygens (including phenoxy) is 1. The summed E-state index contributed by atoms with van der Waals surface area (Å²) in [6.45, 7) is 11.1. The molecule has 34 heavy (non-hydrogen) atoms. The summed E-state index contributed by atoms with van der Waals surface area (Å²) in [5.74, 6) is -2.32. The molecule has 0 radical (unpaired) electrons. The molecule has 184 valence electrons. The maximum Gasteiger partial charge on any atom is 0.328 e. The van der Waals surface area contributed by atoms with Gasteiger partial charge in [0, 0.05) is 11.6 Å². The fourth-order valence-electron chi connectivity index (χ4n) is 4.10. The average Bonchev–Trinajstić information content (AvgIpc) is 2.77. The second kappa shape index (κ2) is 12.0. The number of esters is 1. The van der Waals surface area contributed by atoms with Crippen LogP contribution in [0.25, 0.3) is 0 Å². The summed E-state index contributed by atoms with van der Waals surface area (Å²) < 4.78 is 5.89. The molecule has 0 aromatic heterocycles. The number of fused-ring (bicyclic) bond motifs is 1. The number of aryl methyl sites for hydroxylation is 1. The summed E-state index contributed by atoms with van der Waals surface area (Å²) in [6.07, 6.45) is 7.83. The normalized spacial score (nSPS) is 23.1. The van der Waals surface area contributed by atoms with E-state index < -0.39 is 36.2 Å². The van der Waals surface area contributed by atoms with Crippen molar-refractivity contribution in [3.63, 3.8) is 0 Å². The smallest absolute Gasteiger partial charge is 0.328 e. The Morgan fingerprint density at radius 2 is 1.76 bits per heavy atom. The summed E-state index contributed by atoms with van der Waals surface area (Å²) in [5.41, 5.74) is 5.20. The summed E-state index contributed by atoms with van der Waals surface area (Å²) in [5, 5.41) is 30.0. The van der Waals surface area contributed by atoms with Gasteiger partial charge in [-0.25, -0.2) is 4.79 Å². The number of carboxylic acids is 1. The molecule has 3 N–H and O–H groups in total. The molecule has 0 saturated heterocycles. The van der Waals surface area contributed by atoms with Gasteiger partial charge < -0.3 is 20.1 Å². The molecular formula is C28H36O6. The van der Waals surface area contributed by atoms with Gasteiger partial charge >= 0.3 is 11.9 Å². The molecule has 0 fully saturated rings. The van der Waals surface area contributed by atoms with Gasteiger partial charge in [-0.15, -0.1) is 0 Å². The lowest BCUT2D eigenvalue weighted by Gasteiger charge is -2.35. The van der Waals surface area contributed by atoms with Crippen molar-refractivity contribution >= 4 is 11.9 Å². The lowest BCUT2D eigenvalue weighted by Crippen LogP contribution is -2.32. The highest BCUT2D eigenvalue weighted by Gasteiger charge is 2.36. The van der Waals surface area contributed by atoms with Crippen molar-refractivity contribution in [2.45, 2.75) is 66.3 Å². The second-order valence-corrected chi connectivity index (χ2v) is 9.21. The Morgan fingerprint density at radius 1 is 1.12 bits per heavy atom. The van der Waals surface area contributed by atoms with E-state index in [1.54, 1.807) is 38.2 Å². The van der Waals surface area contributed by atoms with Crippen LogP contribution in [0.15, 0.2) is 59.7 Å². The van der Waals surface area contributed by atoms with Crippen LogP contribution in [0.5, 0.6) is 0 Å². The van der Waals surface area contributed by atoms with Crippen molar-refractivity contribution in [3.8, 4) is 0 Å². The Bertz CT molecular complexity index is 1030. The number of carboxylic acid groups (broad SMARTS) is 1. The number of benzene rings is 1. The fourth-order valence-corrected chi connectivity index (χ4v) is 4.10. The van der Waals surface area contributed by atoms with Crippen LogP contribution in [0, 0.1) is 25.7 Å². The SMILES string of the molecule is CC(/C=C/C=C(\C)[C@H](O)[C@H](C)C(=O)O[C@H]1C[C@@H](C)[C@@H](O)c2ccc(C)c(C)c21)=C\C=C/C(=O)O. The van der Waals surface area contributed by atoms with Gasteiger partial charge in [0.25, 0.3) is 0 Å². The van der Waals surface area contributed by atoms with E-state index in [9.17, 15) is 19.8 Å². The molecule has 1 aromatic rings. The molecule has 1 aliphatic rings. The van der Waals surface area contributed by atoms with E-state index in [2.05, 4.69) is 0 Å². The number of carbonyl (C=O) groups excluding carboxylic acids is 1. The molecule has 2 rings (SSSR count). The Balaban J connectivity index is 2.11. The van der Waals surface area contributed by atoms with Crippen LogP contribution >= 0.6 is 0 Å². The van der Waals surface area contributed by atoms with Gasteiger partial charge in [0.15, 0.2) is 0 Å². The topological polar surface area (TPSA) is 104 Å². The number of allylic oxidation sites excluding steroid dienone is 6. The molecule has 0 aliphatic heterocycles. The Hall–Kier alpha value is -2.96. The van der Waals surface area contributed by atoms with Crippen LogP contribution in [0.4, 0.5) is 0 Å². The third-order valence-electron chi connectivity index (χ3n) is 6.47. The standard InChI is InChI=1S/C28H36O6/c1-16(10-8-12-24(29)30)9-7-11-18(3)26(31)21(6)28(33)34-23-15-19(4)27(32)22-14-13-17(2)20(5)25(22)23/h7-14,19,21,23,26-27,31-32H,15H2,1-6H3,(H,29,30)/b9-7+,12-8-,16-10+,18-11+/t19-,21+,23+,26+,27-/m1/s1. The molecule has 0 heterocycles. The highest BCUT2D eigenvalue weighted by Crippen LogP contribution is 2.44. The van der Waals surface area contributed by atoms with E-state index in [1.165, 1.54) is 6.08 Å². The molecule has 0 bridgehead atoms. The summed E-state index contributed by atoms with van der Waals surface area (Å²) >= 11 is 0. The van der Waals surface area contributed by atoms with Crippen LogP contribution < -0.4 is 0 Å². The van der Waals surface area contributed by atoms with Gasteiger partial charge in [0.1, 0.15) is 6.10 Å². The summed E-state index contributed by atoms with van der Waals surface area (Å²) in [6, 6.07) is 3.88. The summed E-state index contributed by atoms with van der Waals surface area (Å²) in [7, 11) is 0. The first-order chi connectivity index (χ1) is 15.9. The molecular weight excluding hydrogens is 432 g/mol. The fraction of sp³-hybridized carbons (Fsp3) is 0.429. The highest BCUT2D eigenvalue weighted by molar-refractivity contribution is 5.80. The van der Waals surface area contributed by atoms with Crippen LogP contribution in [0.3, 0.4) is 0 Å². The molecule has 0 spiro atoms. The minimum Gasteiger partial charge on any atom is -0.478 e. The van der Waals surface area contributed by atoms with Crippen LogP contribution in [-0.2, 0) is 14.3 Å². The molecule has 1 aromatic carbocycles. The van der Waals surface area contributed by atoms with Gasteiger partial charge in [-0.05, 0) is 69.2 Å². The molecule has 0 amide bonds. The molecule has 0 saturated carbocycles. The van der Waals surface area contributed by atoms with Gasteiger partial charge in [-0.1, -0.05) is 55.0 Å². The van der Waals surface area contributed by atoms with Crippen LogP contribution in [-0.4, -0.2) is 33.4 Å². The van der Waals surface area contributed by atoms with E-state index in [0.717, 1.165) is 33.9 Å². The number of aliphatic hydroxyl groups is 2. The van der Waals surface area contributed by atoms with Gasteiger partial charge in [-0.2, -0.15) is 0 Å². The lowest BCUT2D eigenvalue weighted by atomic mass is 9.78. The van der Waals surface area contributed by atoms with E-state index in [0.29, 0.717) is 12.0 Å². The van der Waals surface area contributed by atoms with E-state index in [4.69, 9.17) is 9.84 Å². The Kier molecular flexibility index (Phi) is 9.59. The largest absolute Gasteiger partial charge is 0.478 e. The predicted octanol–water partition coefficient (Wildman–Crippen LogP) is 5.05. The van der Waals surface area contributed by atoms with E-state index in [1.807, 2.05) is 39.8 Å². The third kappa shape index (κ3) is 6.78. The molecule has 0 unspecified atom stereocenters. The zero-order chi connectivity index (χ0) is 25.6. The number of hydrogen-bond donors (Lipinski definition) is 3. The zero-order valence-electron chi connectivity index (χ0n) is 20.8. The monoisotopic (exact) mass is 468 g/mol. The van der Waals surface area contributed by atoms with Gasteiger partial charge in [0.2, 0.25) is 0 Å². The van der Waals surface area contributed by atoms with Crippen LogP contribution in [0.1, 0.15) is 68.6 Å². The van der Waals surface area contributed by atoms with Crippen molar-refractivity contribution in [2.24, 2.45) is 11.8 Å².